The van der Waals surface area contributed by atoms with Gasteiger partial charge < -0.3 is 10.6 Å². The maximum absolute atomic E-state index is 13.4. The van der Waals surface area contributed by atoms with Crippen molar-refractivity contribution in [1.82, 2.24) is 19.7 Å². The van der Waals surface area contributed by atoms with E-state index >= 15 is 0 Å². The van der Waals surface area contributed by atoms with Crippen LogP contribution in [0.15, 0.2) is 24.4 Å². The molecule has 1 fully saturated rings. The van der Waals surface area contributed by atoms with Gasteiger partial charge in [0.05, 0.1) is 22.7 Å². The van der Waals surface area contributed by atoms with Gasteiger partial charge in [-0.25, -0.2) is 4.98 Å². The second kappa shape index (κ2) is 8.00. The fourth-order valence-corrected chi connectivity index (χ4v) is 4.60. The number of alkyl halides is 3. The Bertz CT molecular complexity index is 1210. The number of fused-ring (bicyclic) bond motifs is 2. The second-order valence-corrected chi connectivity index (χ2v) is 9.21. The number of anilines is 2. The molecular formula is C23H25F3N6O. The van der Waals surface area contributed by atoms with Crippen molar-refractivity contribution in [1.29, 1.82) is 0 Å². The number of hydrogen-bond acceptors (Lipinski definition) is 5. The highest BCUT2D eigenvalue weighted by atomic mass is 19.4. The van der Waals surface area contributed by atoms with Crippen molar-refractivity contribution in [3.8, 4) is 0 Å². The Morgan fingerprint density at radius 1 is 1.21 bits per heavy atom. The number of aromatic nitrogens is 4. The molecule has 10 heteroatoms. The van der Waals surface area contributed by atoms with Crippen LogP contribution >= 0.6 is 0 Å². The first-order valence-electron chi connectivity index (χ1n) is 11.2. The van der Waals surface area contributed by atoms with Gasteiger partial charge in [-0.05, 0) is 42.5 Å². The minimum absolute atomic E-state index is 0.251. The van der Waals surface area contributed by atoms with Crippen molar-refractivity contribution in [2.45, 2.75) is 57.7 Å². The van der Waals surface area contributed by atoms with E-state index in [9.17, 15) is 18.0 Å². The first-order valence-corrected chi connectivity index (χ1v) is 11.2. The smallest absolute Gasteiger partial charge is 0.354 e. The van der Waals surface area contributed by atoms with Gasteiger partial charge in [-0.2, -0.15) is 23.3 Å². The van der Waals surface area contributed by atoms with Gasteiger partial charge in [0.1, 0.15) is 5.92 Å². The predicted molar refractivity (Wildman–Crippen MR) is 118 cm³/mol. The van der Waals surface area contributed by atoms with E-state index in [2.05, 4.69) is 25.7 Å². The van der Waals surface area contributed by atoms with Crippen LogP contribution in [0, 0.1) is 5.92 Å². The summed E-state index contributed by atoms with van der Waals surface area (Å²) in [5.41, 5.74) is 0.633. The van der Waals surface area contributed by atoms with E-state index in [4.69, 9.17) is 0 Å². The summed E-state index contributed by atoms with van der Waals surface area (Å²) in [5, 5.41) is 11.1. The van der Waals surface area contributed by atoms with Gasteiger partial charge in [0, 0.05) is 18.4 Å². The van der Waals surface area contributed by atoms with Crippen molar-refractivity contribution in [3.05, 3.63) is 41.2 Å². The standard InChI is InChI=1S/C23H25F3N6O/c1-12(2)10-27-22-29-19(16-11-32(31-20(16)30-22)14-5-3-4-6-14)18-15-9-13(23(24,25)26)7-8-17(15)28-21(18)33/h7-9,11-12,14,18H,3-6,10H2,1-2H3,(H,28,33)(H,27,30,31). The normalized spacial score (nSPS) is 18.8. The minimum atomic E-state index is -4.51. The number of carbonyl (C=O) groups is 1. The maximum atomic E-state index is 13.4. The summed E-state index contributed by atoms with van der Waals surface area (Å²) in [6.07, 6.45) is 1.60. The van der Waals surface area contributed by atoms with Gasteiger partial charge in [-0.15, -0.1) is 0 Å². The average molecular weight is 458 g/mol. The summed E-state index contributed by atoms with van der Waals surface area (Å²) in [5.74, 6) is -0.744. The molecule has 2 aliphatic rings. The zero-order valence-corrected chi connectivity index (χ0v) is 18.4. The summed E-state index contributed by atoms with van der Waals surface area (Å²) in [4.78, 5) is 22.1. The van der Waals surface area contributed by atoms with E-state index in [0.717, 1.165) is 37.8 Å². The number of amides is 1. The van der Waals surface area contributed by atoms with Crippen LogP contribution in [0.3, 0.4) is 0 Å². The van der Waals surface area contributed by atoms with Crippen molar-refractivity contribution in [2.24, 2.45) is 5.92 Å². The lowest BCUT2D eigenvalue weighted by Gasteiger charge is -2.14. The molecule has 1 saturated carbocycles. The molecule has 33 heavy (non-hydrogen) atoms. The molecule has 1 aromatic carbocycles. The largest absolute Gasteiger partial charge is 0.416 e. The highest BCUT2D eigenvalue weighted by molar-refractivity contribution is 6.06. The third-order valence-electron chi connectivity index (χ3n) is 6.28. The average Bonchev–Trinajstić information content (AvgIpc) is 3.48. The molecule has 3 heterocycles. The molecule has 1 atom stereocenters. The maximum Gasteiger partial charge on any atom is 0.416 e. The molecule has 0 saturated heterocycles. The van der Waals surface area contributed by atoms with Crippen molar-refractivity contribution in [2.75, 3.05) is 17.2 Å². The number of hydrogen-bond donors (Lipinski definition) is 2. The molecule has 174 valence electrons. The van der Waals surface area contributed by atoms with Gasteiger partial charge in [0.15, 0.2) is 5.65 Å². The topological polar surface area (TPSA) is 84.7 Å². The van der Waals surface area contributed by atoms with Gasteiger partial charge in [-0.3, -0.25) is 9.48 Å². The predicted octanol–water partition coefficient (Wildman–Crippen LogP) is 5.11. The molecule has 1 aliphatic carbocycles. The van der Waals surface area contributed by atoms with Crippen molar-refractivity contribution < 1.29 is 18.0 Å². The van der Waals surface area contributed by atoms with E-state index in [1.165, 1.54) is 6.07 Å². The summed E-state index contributed by atoms with van der Waals surface area (Å²) in [6.45, 7) is 4.70. The number of nitrogens with one attached hydrogen (secondary N) is 2. The molecule has 2 aromatic heterocycles. The lowest BCUT2D eigenvalue weighted by atomic mass is 9.93. The molecule has 1 amide bonds. The molecule has 0 spiro atoms. The molecule has 0 bridgehead atoms. The third-order valence-corrected chi connectivity index (χ3v) is 6.28. The number of halogens is 3. The zero-order valence-electron chi connectivity index (χ0n) is 18.4. The Balaban J connectivity index is 1.65. The van der Waals surface area contributed by atoms with E-state index in [-0.39, 0.29) is 11.6 Å². The van der Waals surface area contributed by atoms with Gasteiger partial charge >= 0.3 is 6.18 Å². The van der Waals surface area contributed by atoms with Crippen LogP contribution in [0.1, 0.15) is 68.3 Å². The first kappa shape index (κ1) is 21.7. The quantitative estimate of drug-likeness (QED) is 0.555. The molecule has 2 N–H and O–H groups in total. The number of carbonyl (C=O) groups excluding carboxylic acids is 1. The van der Waals surface area contributed by atoms with Crippen molar-refractivity contribution >= 4 is 28.6 Å². The van der Waals surface area contributed by atoms with Crippen LogP contribution in [0.4, 0.5) is 24.8 Å². The molecule has 1 aliphatic heterocycles. The molecule has 5 rings (SSSR count). The van der Waals surface area contributed by atoms with E-state index in [1.807, 2.05) is 24.7 Å². The van der Waals surface area contributed by atoms with Crippen molar-refractivity contribution in [3.63, 3.8) is 0 Å². The summed E-state index contributed by atoms with van der Waals surface area (Å²) < 4.78 is 42.1. The number of rotatable bonds is 5. The lowest BCUT2D eigenvalue weighted by molar-refractivity contribution is -0.137. The zero-order chi connectivity index (χ0) is 23.3. The molecular weight excluding hydrogens is 433 g/mol. The summed E-state index contributed by atoms with van der Waals surface area (Å²) >= 11 is 0. The SMILES string of the molecule is CC(C)CNc1nc(C2C(=O)Nc3ccc(C(F)(F)F)cc32)c2cn(C3CCCC3)nc2n1. The van der Waals surface area contributed by atoms with Crippen LogP contribution < -0.4 is 10.6 Å². The van der Waals surface area contributed by atoms with Crippen LogP contribution in [-0.4, -0.2) is 32.2 Å². The monoisotopic (exact) mass is 458 g/mol. The number of nitrogens with zero attached hydrogens (tertiary/aromatic N) is 4. The minimum Gasteiger partial charge on any atom is -0.354 e. The van der Waals surface area contributed by atoms with Gasteiger partial charge in [-0.1, -0.05) is 26.7 Å². The van der Waals surface area contributed by atoms with Gasteiger partial charge in [0.2, 0.25) is 11.9 Å². The lowest BCUT2D eigenvalue weighted by Crippen LogP contribution is -2.17. The first-order chi connectivity index (χ1) is 15.7. The van der Waals surface area contributed by atoms with E-state index in [1.54, 1.807) is 0 Å². The third kappa shape index (κ3) is 4.02. The highest BCUT2D eigenvalue weighted by Crippen LogP contribution is 2.42. The van der Waals surface area contributed by atoms with Crippen LogP contribution in [0.25, 0.3) is 11.0 Å². The fraction of sp³-hybridized carbons (Fsp3) is 0.478. The van der Waals surface area contributed by atoms with Gasteiger partial charge in [0.25, 0.3) is 0 Å². The Kier molecular flexibility index (Phi) is 5.25. The fourth-order valence-electron chi connectivity index (χ4n) is 4.60. The summed E-state index contributed by atoms with van der Waals surface area (Å²) in [6, 6.07) is 3.56. The molecule has 3 aromatic rings. The Hall–Kier alpha value is -3.17. The number of benzene rings is 1. The van der Waals surface area contributed by atoms with Crippen LogP contribution in [0.5, 0.6) is 0 Å². The highest BCUT2D eigenvalue weighted by Gasteiger charge is 2.39. The van der Waals surface area contributed by atoms with Crippen LogP contribution in [0.2, 0.25) is 0 Å². The Morgan fingerprint density at radius 2 is 1.97 bits per heavy atom. The molecule has 1 unspecified atom stereocenters. The van der Waals surface area contributed by atoms with Crippen LogP contribution in [-0.2, 0) is 11.0 Å². The van der Waals surface area contributed by atoms with E-state index < -0.39 is 23.6 Å². The molecule has 0 radical (unpaired) electrons. The van der Waals surface area contributed by atoms with E-state index in [0.29, 0.717) is 40.8 Å². The molecule has 7 nitrogen and oxygen atoms in total. The summed E-state index contributed by atoms with van der Waals surface area (Å²) in [7, 11) is 0. The Labute approximate surface area is 188 Å². The second-order valence-electron chi connectivity index (χ2n) is 9.21. The Morgan fingerprint density at radius 3 is 2.67 bits per heavy atom.